The highest BCUT2D eigenvalue weighted by molar-refractivity contribution is 5.94. The molecular weight excluding hydrogens is 244 g/mol. The molecule has 0 aliphatic heterocycles. The molecule has 0 amide bonds. The van der Waals surface area contributed by atoms with Gasteiger partial charge in [-0.05, 0) is 24.6 Å². The predicted octanol–water partition coefficient (Wildman–Crippen LogP) is 2.06. The number of carbonyl (C=O) groups is 1. The Kier molecular flexibility index (Phi) is 5.83. The van der Waals surface area contributed by atoms with Crippen molar-refractivity contribution in [3.63, 3.8) is 0 Å². The van der Waals surface area contributed by atoms with Gasteiger partial charge in [-0.2, -0.15) is 5.26 Å². The number of rotatable bonds is 7. The first-order chi connectivity index (χ1) is 9.10. The van der Waals surface area contributed by atoms with Gasteiger partial charge >= 0.3 is 5.97 Å². The summed E-state index contributed by atoms with van der Waals surface area (Å²) in [5.41, 5.74) is 1.87. The van der Waals surface area contributed by atoms with Crippen molar-refractivity contribution in [1.82, 2.24) is 0 Å². The smallest absolute Gasteiger partial charge is 0.337 e. The molecule has 102 valence electrons. The number of nitrogens with zero attached hydrogens (tertiary/aromatic N) is 2. The van der Waals surface area contributed by atoms with Gasteiger partial charge in [0.25, 0.3) is 0 Å². The van der Waals surface area contributed by atoms with E-state index in [9.17, 15) is 9.90 Å². The van der Waals surface area contributed by atoms with Crippen LogP contribution in [0.2, 0.25) is 0 Å². The summed E-state index contributed by atoms with van der Waals surface area (Å²) >= 11 is 0. The fraction of sp³-hybridized carbons (Fsp3) is 0.429. The van der Waals surface area contributed by atoms with Gasteiger partial charge in [0.15, 0.2) is 0 Å². The lowest BCUT2D eigenvalue weighted by Crippen LogP contribution is -2.29. The van der Waals surface area contributed by atoms with Crippen molar-refractivity contribution in [2.24, 2.45) is 0 Å². The topological polar surface area (TPSA) is 73.6 Å². The van der Waals surface area contributed by atoms with Crippen molar-refractivity contribution >= 4 is 11.7 Å². The molecule has 1 N–H and O–H groups in total. The Bertz CT molecular complexity index is 480. The second-order valence-corrected chi connectivity index (χ2v) is 4.21. The number of anilines is 1. The second kappa shape index (κ2) is 7.39. The number of carboxylic acids is 1. The van der Waals surface area contributed by atoms with E-state index < -0.39 is 5.97 Å². The van der Waals surface area contributed by atoms with Crippen LogP contribution in [-0.4, -0.2) is 37.9 Å². The monoisotopic (exact) mass is 262 g/mol. The van der Waals surface area contributed by atoms with Gasteiger partial charge in [0, 0.05) is 20.2 Å². The third-order valence-corrected chi connectivity index (χ3v) is 2.78. The molecule has 0 heterocycles. The maximum atomic E-state index is 11.3. The maximum absolute atomic E-state index is 11.3. The summed E-state index contributed by atoms with van der Waals surface area (Å²) in [5.74, 6) is -0.964. The molecule has 5 heteroatoms. The van der Waals surface area contributed by atoms with Gasteiger partial charge in [0.05, 0.1) is 30.3 Å². The van der Waals surface area contributed by atoms with Crippen molar-refractivity contribution in [2.75, 3.05) is 31.7 Å². The molecule has 1 aromatic rings. The van der Waals surface area contributed by atoms with E-state index in [1.165, 1.54) is 0 Å². The van der Waals surface area contributed by atoms with Crippen LogP contribution >= 0.6 is 0 Å². The minimum atomic E-state index is -0.964. The lowest BCUT2D eigenvalue weighted by atomic mass is 10.1. The minimum Gasteiger partial charge on any atom is -0.478 e. The van der Waals surface area contributed by atoms with Crippen molar-refractivity contribution in [1.29, 1.82) is 5.26 Å². The summed E-state index contributed by atoms with van der Waals surface area (Å²) in [7, 11) is 1.59. The first-order valence-corrected chi connectivity index (χ1v) is 6.05. The molecule has 1 rings (SSSR count). The SMILES string of the molecule is COCCN(CCC#N)c1cc(C)ccc1C(=O)O. The van der Waals surface area contributed by atoms with Crippen LogP contribution in [0.3, 0.4) is 0 Å². The summed E-state index contributed by atoms with van der Waals surface area (Å²) in [6, 6.07) is 7.27. The molecular formula is C14H18N2O3. The first-order valence-electron chi connectivity index (χ1n) is 6.05. The number of aryl methyl sites for hydroxylation is 1. The van der Waals surface area contributed by atoms with E-state index >= 15 is 0 Å². The van der Waals surface area contributed by atoms with Gasteiger partial charge in [-0.15, -0.1) is 0 Å². The van der Waals surface area contributed by atoms with Crippen LogP contribution in [0.4, 0.5) is 5.69 Å². The lowest BCUT2D eigenvalue weighted by molar-refractivity contribution is 0.0697. The second-order valence-electron chi connectivity index (χ2n) is 4.21. The van der Waals surface area contributed by atoms with Gasteiger partial charge in [0.2, 0.25) is 0 Å². The maximum Gasteiger partial charge on any atom is 0.337 e. The van der Waals surface area contributed by atoms with E-state index in [-0.39, 0.29) is 5.56 Å². The lowest BCUT2D eigenvalue weighted by Gasteiger charge is -2.25. The van der Waals surface area contributed by atoms with Crippen LogP contribution in [0.1, 0.15) is 22.3 Å². The molecule has 0 saturated heterocycles. The Hall–Kier alpha value is -2.06. The molecule has 0 spiro atoms. The molecule has 0 aliphatic rings. The van der Waals surface area contributed by atoms with Crippen molar-refractivity contribution in [3.8, 4) is 6.07 Å². The normalized spacial score (nSPS) is 9.95. The van der Waals surface area contributed by atoms with E-state index in [2.05, 4.69) is 6.07 Å². The van der Waals surface area contributed by atoms with Gasteiger partial charge in [0.1, 0.15) is 0 Å². The van der Waals surface area contributed by atoms with Crippen LogP contribution < -0.4 is 4.90 Å². The molecule has 5 nitrogen and oxygen atoms in total. The highest BCUT2D eigenvalue weighted by atomic mass is 16.5. The van der Waals surface area contributed by atoms with Crippen LogP contribution in [-0.2, 0) is 4.74 Å². The molecule has 0 fully saturated rings. The van der Waals surface area contributed by atoms with E-state index in [1.807, 2.05) is 17.9 Å². The van der Waals surface area contributed by atoms with Gasteiger partial charge in [-0.25, -0.2) is 4.79 Å². The molecule has 0 atom stereocenters. The summed E-state index contributed by atoms with van der Waals surface area (Å²) in [4.78, 5) is 13.1. The number of nitriles is 1. The fourth-order valence-electron chi connectivity index (χ4n) is 1.82. The molecule has 0 aromatic heterocycles. The van der Waals surface area contributed by atoms with Crippen molar-refractivity contribution in [2.45, 2.75) is 13.3 Å². The Morgan fingerprint density at radius 2 is 2.21 bits per heavy atom. The standard InChI is InChI=1S/C14H18N2O3/c1-11-4-5-12(14(17)18)13(10-11)16(7-3-6-15)8-9-19-2/h4-5,10H,3,7-9H2,1-2H3,(H,17,18). The largest absolute Gasteiger partial charge is 0.478 e. The van der Waals surface area contributed by atoms with Gasteiger partial charge in [-0.3, -0.25) is 0 Å². The highest BCUT2D eigenvalue weighted by Crippen LogP contribution is 2.22. The minimum absolute atomic E-state index is 0.250. The van der Waals surface area contributed by atoms with Crippen LogP contribution in [0.15, 0.2) is 18.2 Å². The molecule has 0 bridgehead atoms. The Balaban J connectivity index is 3.08. The third-order valence-electron chi connectivity index (χ3n) is 2.78. The first kappa shape index (κ1) is 15.0. The summed E-state index contributed by atoms with van der Waals surface area (Å²) < 4.78 is 5.03. The predicted molar refractivity (Wildman–Crippen MR) is 72.5 cm³/mol. The van der Waals surface area contributed by atoms with E-state index in [4.69, 9.17) is 10.00 Å². The average Bonchev–Trinajstić information content (AvgIpc) is 2.38. The number of ether oxygens (including phenoxy) is 1. The zero-order chi connectivity index (χ0) is 14.3. The van der Waals surface area contributed by atoms with Crippen LogP contribution in [0.5, 0.6) is 0 Å². The zero-order valence-corrected chi connectivity index (χ0v) is 11.2. The van der Waals surface area contributed by atoms with E-state index in [1.54, 1.807) is 19.2 Å². The van der Waals surface area contributed by atoms with E-state index in [0.29, 0.717) is 31.8 Å². The molecule has 19 heavy (non-hydrogen) atoms. The molecule has 0 unspecified atom stereocenters. The molecule has 0 radical (unpaired) electrons. The number of carboxylic acid groups (broad SMARTS) is 1. The van der Waals surface area contributed by atoms with Gasteiger partial charge in [-0.1, -0.05) is 6.07 Å². The molecule has 1 aromatic carbocycles. The number of hydrogen-bond donors (Lipinski definition) is 1. The Morgan fingerprint density at radius 3 is 2.79 bits per heavy atom. The Labute approximate surface area is 113 Å². The molecule has 0 saturated carbocycles. The average molecular weight is 262 g/mol. The van der Waals surface area contributed by atoms with E-state index in [0.717, 1.165) is 5.56 Å². The molecule has 0 aliphatic carbocycles. The van der Waals surface area contributed by atoms with Crippen molar-refractivity contribution in [3.05, 3.63) is 29.3 Å². The van der Waals surface area contributed by atoms with Crippen molar-refractivity contribution < 1.29 is 14.6 Å². The highest BCUT2D eigenvalue weighted by Gasteiger charge is 2.15. The number of benzene rings is 1. The number of methoxy groups -OCH3 is 1. The van der Waals surface area contributed by atoms with Gasteiger partial charge < -0.3 is 14.7 Å². The summed E-state index contributed by atoms with van der Waals surface area (Å²) in [6.45, 7) is 3.44. The fourth-order valence-corrected chi connectivity index (χ4v) is 1.82. The number of aromatic carboxylic acids is 1. The van der Waals surface area contributed by atoms with Crippen LogP contribution in [0, 0.1) is 18.3 Å². The summed E-state index contributed by atoms with van der Waals surface area (Å²) in [5, 5.41) is 17.9. The Morgan fingerprint density at radius 1 is 1.47 bits per heavy atom. The third kappa shape index (κ3) is 4.27. The number of hydrogen-bond acceptors (Lipinski definition) is 4. The summed E-state index contributed by atoms with van der Waals surface area (Å²) in [6.07, 6.45) is 0.344. The van der Waals surface area contributed by atoms with Crippen LogP contribution in [0.25, 0.3) is 0 Å². The zero-order valence-electron chi connectivity index (χ0n) is 11.2. The quantitative estimate of drug-likeness (QED) is 0.814.